The fraction of sp³-hybridized carbons (Fsp3) is 0.500. The Balaban J connectivity index is 2.15. The number of aryl methyl sites for hydroxylation is 1. The number of carbonyl (C=O) groups excluding carboxylic acids is 2. The first-order chi connectivity index (χ1) is 8.99. The van der Waals surface area contributed by atoms with Crippen LogP contribution in [-0.4, -0.2) is 11.8 Å². The van der Waals surface area contributed by atoms with Crippen LogP contribution in [0.25, 0.3) is 0 Å². The van der Waals surface area contributed by atoms with E-state index in [0.717, 1.165) is 18.4 Å². The standard InChI is InChI=1S/C16H20O3/c1-4-16(3,11(2)17)15(18)19-14-10-9-12-7-5-6-8-13(12)14/h5-8,14H,4,9-10H2,1-3H3. The number of rotatable bonds is 4. The lowest BCUT2D eigenvalue weighted by Gasteiger charge is -2.25. The van der Waals surface area contributed by atoms with Crippen LogP contribution in [0.15, 0.2) is 24.3 Å². The zero-order valence-corrected chi connectivity index (χ0v) is 11.7. The number of fused-ring (bicyclic) bond motifs is 1. The molecule has 1 aliphatic rings. The molecule has 19 heavy (non-hydrogen) atoms. The molecule has 2 rings (SSSR count). The monoisotopic (exact) mass is 260 g/mol. The number of carbonyl (C=O) groups is 2. The highest BCUT2D eigenvalue weighted by Crippen LogP contribution is 2.36. The molecule has 0 spiro atoms. The van der Waals surface area contributed by atoms with Gasteiger partial charge in [0.25, 0.3) is 0 Å². The molecular formula is C16H20O3. The third-order valence-electron chi connectivity index (χ3n) is 4.26. The fourth-order valence-electron chi connectivity index (χ4n) is 2.44. The zero-order chi connectivity index (χ0) is 14.0. The molecule has 3 heteroatoms. The summed E-state index contributed by atoms with van der Waals surface area (Å²) in [4.78, 5) is 23.9. The van der Waals surface area contributed by atoms with Gasteiger partial charge in [0.15, 0.2) is 0 Å². The number of benzene rings is 1. The van der Waals surface area contributed by atoms with E-state index >= 15 is 0 Å². The fourth-order valence-corrected chi connectivity index (χ4v) is 2.44. The van der Waals surface area contributed by atoms with Crippen molar-refractivity contribution in [1.29, 1.82) is 0 Å². The first kappa shape index (κ1) is 13.8. The molecule has 0 radical (unpaired) electrons. The first-order valence-corrected chi connectivity index (χ1v) is 6.79. The Hall–Kier alpha value is -1.64. The molecule has 1 aliphatic carbocycles. The third kappa shape index (κ3) is 2.42. The van der Waals surface area contributed by atoms with Crippen LogP contribution in [0.2, 0.25) is 0 Å². The second-order valence-electron chi connectivity index (χ2n) is 5.37. The normalized spacial score (nSPS) is 20.5. The quantitative estimate of drug-likeness (QED) is 0.616. The van der Waals surface area contributed by atoms with Gasteiger partial charge in [-0.15, -0.1) is 0 Å². The summed E-state index contributed by atoms with van der Waals surface area (Å²) in [5.41, 5.74) is 1.30. The average Bonchev–Trinajstić information content (AvgIpc) is 2.81. The van der Waals surface area contributed by atoms with Gasteiger partial charge < -0.3 is 4.74 Å². The van der Waals surface area contributed by atoms with Crippen LogP contribution in [0, 0.1) is 5.41 Å². The van der Waals surface area contributed by atoms with E-state index in [1.807, 2.05) is 25.1 Å². The lowest BCUT2D eigenvalue weighted by Crippen LogP contribution is -2.36. The van der Waals surface area contributed by atoms with Gasteiger partial charge in [-0.3, -0.25) is 9.59 Å². The molecule has 0 aliphatic heterocycles. The number of hydrogen-bond acceptors (Lipinski definition) is 3. The molecule has 0 fully saturated rings. The van der Waals surface area contributed by atoms with Gasteiger partial charge in [-0.2, -0.15) is 0 Å². The molecule has 0 bridgehead atoms. The van der Waals surface area contributed by atoms with Crippen LogP contribution in [0.1, 0.15) is 50.8 Å². The Morgan fingerprint density at radius 2 is 2.05 bits per heavy atom. The van der Waals surface area contributed by atoms with Gasteiger partial charge in [-0.1, -0.05) is 31.2 Å². The van der Waals surface area contributed by atoms with E-state index in [0.29, 0.717) is 6.42 Å². The predicted molar refractivity (Wildman–Crippen MR) is 72.7 cm³/mol. The second-order valence-corrected chi connectivity index (χ2v) is 5.37. The van der Waals surface area contributed by atoms with Crippen molar-refractivity contribution in [3.8, 4) is 0 Å². The Morgan fingerprint density at radius 3 is 2.68 bits per heavy atom. The van der Waals surface area contributed by atoms with Crippen LogP contribution in [0.4, 0.5) is 0 Å². The van der Waals surface area contributed by atoms with Gasteiger partial charge in [-0.25, -0.2) is 0 Å². The highest BCUT2D eigenvalue weighted by Gasteiger charge is 2.40. The molecule has 1 aromatic rings. The summed E-state index contributed by atoms with van der Waals surface area (Å²) in [7, 11) is 0. The number of ketones is 1. The minimum atomic E-state index is -1.02. The Morgan fingerprint density at radius 1 is 1.37 bits per heavy atom. The van der Waals surface area contributed by atoms with E-state index < -0.39 is 11.4 Å². The topological polar surface area (TPSA) is 43.4 Å². The van der Waals surface area contributed by atoms with Crippen molar-refractivity contribution in [3.05, 3.63) is 35.4 Å². The molecule has 0 N–H and O–H groups in total. The molecule has 0 aromatic heterocycles. The van der Waals surface area contributed by atoms with Crippen molar-refractivity contribution in [2.75, 3.05) is 0 Å². The Labute approximate surface area is 114 Å². The van der Waals surface area contributed by atoms with Gasteiger partial charge in [0.05, 0.1) is 0 Å². The molecule has 2 atom stereocenters. The molecule has 3 nitrogen and oxygen atoms in total. The summed E-state index contributed by atoms with van der Waals surface area (Å²) in [6.45, 7) is 4.96. The van der Waals surface area contributed by atoms with Crippen molar-refractivity contribution in [2.24, 2.45) is 5.41 Å². The van der Waals surface area contributed by atoms with Crippen LogP contribution in [0.3, 0.4) is 0 Å². The van der Waals surface area contributed by atoms with E-state index in [4.69, 9.17) is 4.74 Å². The largest absolute Gasteiger partial charge is 0.457 e. The average molecular weight is 260 g/mol. The predicted octanol–water partition coefficient (Wildman–Crippen LogP) is 3.22. The second kappa shape index (κ2) is 5.16. The summed E-state index contributed by atoms with van der Waals surface area (Å²) in [5, 5.41) is 0. The molecule has 2 unspecified atom stereocenters. The van der Waals surface area contributed by atoms with Crippen molar-refractivity contribution in [1.82, 2.24) is 0 Å². The lowest BCUT2D eigenvalue weighted by atomic mass is 9.83. The van der Waals surface area contributed by atoms with Crippen molar-refractivity contribution in [3.63, 3.8) is 0 Å². The van der Waals surface area contributed by atoms with E-state index in [2.05, 4.69) is 6.07 Å². The molecule has 1 aromatic carbocycles. The summed E-state index contributed by atoms with van der Waals surface area (Å²) in [5.74, 6) is -0.532. The smallest absolute Gasteiger partial charge is 0.319 e. The zero-order valence-electron chi connectivity index (χ0n) is 11.7. The third-order valence-corrected chi connectivity index (χ3v) is 4.26. The van der Waals surface area contributed by atoms with Crippen LogP contribution >= 0.6 is 0 Å². The van der Waals surface area contributed by atoms with Crippen LogP contribution in [-0.2, 0) is 20.7 Å². The number of Topliss-reactive ketones (excluding diaryl/α,β-unsaturated/α-hetero) is 1. The minimum Gasteiger partial charge on any atom is -0.457 e. The highest BCUT2D eigenvalue weighted by atomic mass is 16.5. The maximum absolute atomic E-state index is 12.3. The lowest BCUT2D eigenvalue weighted by molar-refractivity contribution is -0.164. The summed E-state index contributed by atoms with van der Waals surface area (Å²) in [6, 6.07) is 8.01. The maximum Gasteiger partial charge on any atom is 0.319 e. The molecule has 0 amide bonds. The van der Waals surface area contributed by atoms with Gasteiger partial charge in [0.1, 0.15) is 17.3 Å². The van der Waals surface area contributed by atoms with E-state index in [1.165, 1.54) is 12.5 Å². The molecule has 102 valence electrons. The van der Waals surface area contributed by atoms with Crippen molar-refractivity contribution < 1.29 is 14.3 Å². The minimum absolute atomic E-state index is 0.133. The van der Waals surface area contributed by atoms with Crippen LogP contribution in [0.5, 0.6) is 0 Å². The van der Waals surface area contributed by atoms with Gasteiger partial charge in [0, 0.05) is 0 Å². The van der Waals surface area contributed by atoms with Crippen LogP contribution < -0.4 is 0 Å². The van der Waals surface area contributed by atoms with Gasteiger partial charge in [-0.05, 0) is 44.2 Å². The summed E-state index contributed by atoms with van der Waals surface area (Å²) < 4.78 is 5.60. The van der Waals surface area contributed by atoms with E-state index in [9.17, 15) is 9.59 Å². The first-order valence-electron chi connectivity index (χ1n) is 6.79. The maximum atomic E-state index is 12.3. The van der Waals surface area contributed by atoms with E-state index in [1.54, 1.807) is 6.92 Å². The Kier molecular flexibility index (Phi) is 3.74. The van der Waals surface area contributed by atoms with Crippen molar-refractivity contribution >= 4 is 11.8 Å². The Bertz CT molecular complexity index is 506. The number of hydrogen-bond donors (Lipinski definition) is 0. The summed E-state index contributed by atoms with van der Waals surface area (Å²) in [6.07, 6.45) is 2.00. The number of esters is 1. The van der Waals surface area contributed by atoms with Gasteiger partial charge in [0.2, 0.25) is 0 Å². The molecule has 0 saturated heterocycles. The van der Waals surface area contributed by atoms with Gasteiger partial charge >= 0.3 is 5.97 Å². The molecule has 0 saturated carbocycles. The summed E-state index contributed by atoms with van der Waals surface area (Å²) >= 11 is 0. The molecule has 0 heterocycles. The highest BCUT2D eigenvalue weighted by molar-refractivity contribution is 6.02. The number of ether oxygens (including phenoxy) is 1. The molecular weight excluding hydrogens is 240 g/mol. The SMILES string of the molecule is CCC(C)(C(C)=O)C(=O)OC1CCc2ccccc21. The van der Waals surface area contributed by atoms with Crippen molar-refractivity contribution in [2.45, 2.75) is 46.1 Å². The van der Waals surface area contributed by atoms with E-state index in [-0.39, 0.29) is 11.9 Å².